The zero-order valence-corrected chi connectivity index (χ0v) is 28.4. The average Bonchev–Trinajstić information content (AvgIpc) is 3.76. The van der Waals surface area contributed by atoms with Crippen LogP contribution in [0.1, 0.15) is 0 Å². The van der Waals surface area contributed by atoms with E-state index in [4.69, 9.17) is 13.9 Å². The van der Waals surface area contributed by atoms with E-state index in [1.165, 1.54) is 16.3 Å². The quantitative estimate of drug-likeness (QED) is 0.181. The van der Waals surface area contributed by atoms with Crippen LogP contribution in [0.5, 0.6) is 23.0 Å². The number of benzene rings is 8. The Kier molecular flexibility index (Phi) is 6.48. The molecule has 1 aliphatic rings. The van der Waals surface area contributed by atoms with Gasteiger partial charge >= 0.3 is 0 Å². The molecule has 0 unspecified atom stereocenters. The molecule has 2 aromatic heterocycles. The second-order valence-electron chi connectivity index (χ2n) is 13.3. The lowest BCUT2D eigenvalue weighted by molar-refractivity contribution is 0.361. The van der Waals surface area contributed by atoms with E-state index >= 15 is 0 Å². The van der Waals surface area contributed by atoms with E-state index in [1.807, 2.05) is 48.5 Å². The Morgan fingerprint density at radius 1 is 0.396 bits per heavy atom. The smallest absolute Gasteiger partial charge is 0.177 e. The number of para-hydroxylation sites is 6. The summed E-state index contributed by atoms with van der Waals surface area (Å²) in [6, 6.07) is 63.1. The molecule has 11 rings (SSSR count). The van der Waals surface area contributed by atoms with Crippen LogP contribution in [0.4, 0.5) is 17.1 Å². The van der Waals surface area contributed by atoms with Crippen LogP contribution in [0.25, 0.3) is 60.6 Å². The van der Waals surface area contributed by atoms with E-state index in [9.17, 15) is 0 Å². The highest BCUT2D eigenvalue weighted by atomic mass is 16.6. The van der Waals surface area contributed by atoms with E-state index in [2.05, 4.69) is 143 Å². The van der Waals surface area contributed by atoms with Crippen molar-refractivity contribution in [1.29, 1.82) is 0 Å². The maximum absolute atomic E-state index is 6.41. The third-order valence-corrected chi connectivity index (χ3v) is 10.2. The molecule has 250 valence electrons. The molecule has 0 saturated heterocycles. The summed E-state index contributed by atoms with van der Waals surface area (Å²) < 4.78 is 21.4. The molecule has 3 heterocycles. The van der Waals surface area contributed by atoms with E-state index in [0.29, 0.717) is 23.0 Å². The number of aromatic nitrogens is 1. The van der Waals surface area contributed by atoms with Crippen molar-refractivity contribution in [3.05, 3.63) is 182 Å². The Bertz CT molecular complexity index is 3010. The molecule has 8 aromatic carbocycles. The molecule has 0 atom stereocenters. The Balaban J connectivity index is 1.07. The van der Waals surface area contributed by atoms with Crippen LogP contribution in [-0.4, -0.2) is 4.57 Å². The molecule has 0 saturated carbocycles. The van der Waals surface area contributed by atoms with Gasteiger partial charge in [-0.15, -0.1) is 0 Å². The lowest BCUT2D eigenvalue weighted by Crippen LogP contribution is -2.10. The molecule has 1 aliphatic heterocycles. The fourth-order valence-corrected chi connectivity index (χ4v) is 7.82. The summed E-state index contributed by atoms with van der Waals surface area (Å²) >= 11 is 0. The number of ether oxygens (including phenoxy) is 2. The predicted octanol–water partition coefficient (Wildman–Crippen LogP) is 13.7. The van der Waals surface area contributed by atoms with Crippen molar-refractivity contribution in [3.63, 3.8) is 0 Å². The van der Waals surface area contributed by atoms with Gasteiger partial charge in [-0.3, -0.25) is 0 Å². The second kappa shape index (κ2) is 11.7. The van der Waals surface area contributed by atoms with E-state index < -0.39 is 0 Å². The van der Waals surface area contributed by atoms with Crippen LogP contribution >= 0.6 is 0 Å². The van der Waals surface area contributed by atoms with Gasteiger partial charge in [-0.25, -0.2) is 0 Å². The highest BCUT2D eigenvalue weighted by Gasteiger charge is 2.23. The molecule has 0 fully saturated rings. The van der Waals surface area contributed by atoms with Gasteiger partial charge in [0, 0.05) is 55.9 Å². The highest BCUT2D eigenvalue weighted by Crippen LogP contribution is 2.50. The first kappa shape index (κ1) is 29.5. The van der Waals surface area contributed by atoms with Gasteiger partial charge in [-0.05, 0) is 90.5 Å². The Morgan fingerprint density at radius 3 is 1.91 bits per heavy atom. The third-order valence-electron chi connectivity index (χ3n) is 10.2. The summed E-state index contributed by atoms with van der Waals surface area (Å²) in [6.45, 7) is 0. The van der Waals surface area contributed by atoms with Crippen molar-refractivity contribution >= 4 is 60.8 Å². The van der Waals surface area contributed by atoms with Gasteiger partial charge in [0.15, 0.2) is 23.0 Å². The fraction of sp³-hybridized carbons (Fsp3) is 0. The number of hydrogen-bond donors (Lipinski definition) is 0. The monoisotopic (exact) mass is 682 g/mol. The molecule has 0 radical (unpaired) electrons. The van der Waals surface area contributed by atoms with Gasteiger partial charge in [0.25, 0.3) is 0 Å². The van der Waals surface area contributed by atoms with Crippen LogP contribution in [0.15, 0.2) is 186 Å². The summed E-state index contributed by atoms with van der Waals surface area (Å²) in [6.07, 6.45) is 0. The van der Waals surface area contributed by atoms with Gasteiger partial charge < -0.3 is 23.4 Å². The number of nitrogens with zero attached hydrogens (tertiary/aromatic N) is 2. The number of hydrogen-bond acceptors (Lipinski definition) is 4. The molecule has 5 heteroatoms. The molecule has 0 N–H and O–H groups in total. The standard InChI is InChI=1S/C48H30N2O3/c1-2-11-32(12-3-1)50-41-16-6-4-13-37(41)40-29-34(26-28-42(40)50)49(35-25-27-39-38-14-5-7-17-43(38)51-47(39)30-35)33-23-21-31(22-24-33)36-15-10-20-46-48(36)53-45-19-9-8-18-44(45)52-46/h1-30H. The molecule has 53 heavy (non-hydrogen) atoms. The first-order valence-corrected chi connectivity index (χ1v) is 17.8. The number of rotatable bonds is 5. The lowest BCUT2D eigenvalue weighted by Gasteiger charge is -2.26. The van der Waals surface area contributed by atoms with Crippen molar-refractivity contribution in [1.82, 2.24) is 4.57 Å². The number of anilines is 3. The first-order valence-electron chi connectivity index (χ1n) is 17.8. The zero-order valence-electron chi connectivity index (χ0n) is 28.4. The predicted molar refractivity (Wildman–Crippen MR) is 215 cm³/mol. The van der Waals surface area contributed by atoms with E-state index in [-0.39, 0.29) is 0 Å². The largest absolute Gasteiger partial charge is 0.456 e. The molecular formula is C48H30N2O3. The maximum Gasteiger partial charge on any atom is 0.177 e. The molecule has 10 aromatic rings. The summed E-state index contributed by atoms with van der Waals surface area (Å²) in [5, 5.41) is 4.59. The Morgan fingerprint density at radius 2 is 1.04 bits per heavy atom. The van der Waals surface area contributed by atoms with Crippen molar-refractivity contribution in [2.45, 2.75) is 0 Å². The van der Waals surface area contributed by atoms with Crippen LogP contribution in [-0.2, 0) is 0 Å². The zero-order chi connectivity index (χ0) is 34.9. The van der Waals surface area contributed by atoms with Gasteiger partial charge in [0.1, 0.15) is 11.2 Å². The van der Waals surface area contributed by atoms with Crippen LogP contribution in [0.3, 0.4) is 0 Å². The molecule has 0 amide bonds. The maximum atomic E-state index is 6.41. The van der Waals surface area contributed by atoms with Crippen molar-refractivity contribution < 1.29 is 13.9 Å². The van der Waals surface area contributed by atoms with Crippen LogP contribution in [0.2, 0.25) is 0 Å². The molecular weight excluding hydrogens is 653 g/mol. The van der Waals surface area contributed by atoms with Gasteiger partial charge in [-0.1, -0.05) is 91.0 Å². The van der Waals surface area contributed by atoms with Crippen LogP contribution in [0, 0.1) is 0 Å². The van der Waals surface area contributed by atoms with E-state index in [1.54, 1.807) is 0 Å². The molecule has 0 spiro atoms. The fourth-order valence-electron chi connectivity index (χ4n) is 7.82. The van der Waals surface area contributed by atoms with Crippen molar-refractivity contribution in [2.75, 3.05) is 4.90 Å². The second-order valence-corrected chi connectivity index (χ2v) is 13.3. The summed E-state index contributed by atoms with van der Waals surface area (Å²) in [5.74, 6) is 2.84. The van der Waals surface area contributed by atoms with Crippen LogP contribution < -0.4 is 14.4 Å². The Labute approximate surface area is 305 Å². The topological polar surface area (TPSA) is 39.8 Å². The summed E-state index contributed by atoms with van der Waals surface area (Å²) in [4.78, 5) is 2.31. The SMILES string of the molecule is c1ccc(-n2c3ccccc3c3cc(N(c4ccc(-c5cccc6c5Oc5ccccc5O6)cc4)c4ccc5c(c4)oc4ccccc45)ccc32)cc1. The molecule has 5 nitrogen and oxygen atoms in total. The molecule has 0 bridgehead atoms. The van der Waals surface area contributed by atoms with E-state index in [0.717, 1.165) is 61.3 Å². The average molecular weight is 683 g/mol. The minimum Gasteiger partial charge on any atom is -0.456 e. The normalized spacial score (nSPS) is 12.1. The van der Waals surface area contributed by atoms with Crippen molar-refractivity contribution in [2.24, 2.45) is 0 Å². The summed E-state index contributed by atoms with van der Waals surface area (Å²) in [7, 11) is 0. The van der Waals surface area contributed by atoms with Gasteiger partial charge in [-0.2, -0.15) is 0 Å². The third kappa shape index (κ3) is 4.71. The molecule has 0 aliphatic carbocycles. The summed E-state index contributed by atoms with van der Waals surface area (Å²) in [5.41, 5.74) is 10.2. The Hall–Kier alpha value is -7.24. The van der Waals surface area contributed by atoms with Gasteiger partial charge in [0.05, 0.1) is 11.0 Å². The van der Waals surface area contributed by atoms with Gasteiger partial charge in [0.2, 0.25) is 0 Å². The van der Waals surface area contributed by atoms with Crippen molar-refractivity contribution in [3.8, 4) is 39.8 Å². The minimum absolute atomic E-state index is 0.703. The number of fused-ring (bicyclic) bond motifs is 8. The highest BCUT2D eigenvalue weighted by molar-refractivity contribution is 6.11. The first-order chi connectivity index (χ1) is 26.3. The lowest BCUT2D eigenvalue weighted by atomic mass is 10.0. The number of furan rings is 1. The minimum atomic E-state index is 0.703.